The highest BCUT2D eigenvalue weighted by atomic mass is 16.7. The van der Waals surface area contributed by atoms with E-state index in [1.54, 1.807) is 0 Å². The number of ketones is 3. The molecule has 0 aromatic heterocycles. The van der Waals surface area contributed by atoms with Crippen LogP contribution in [0.1, 0.15) is 196 Å². The summed E-state index contributed by atoms with van der Waals surface area (Å²) in [5, 5.41) is 38.9. The standard InChI is InChI=1S/C54H84O12/c1-31-7-19-37(20-8-31)44(56)52(64-49(61)40-25-13-34(4)14-26-40)47(59)43(55)48(60)53(45(57)38-21-9-32(2)10-22-38,65-50(62)41-27-15-35(5)16-28-41)54(52,46(58)39-23-11-33(3)12-24-39)66-51(63)42-29-17-36(6)18-30-42/h31-43,47-48,55,59-60H,7-30H2,1-6H3/t31-,32-,33-,34-,35-,36-,37-,38-,39-,40-,41-,42-,43-,47-,48+,52+,53-,54-. The second-order valence-corrected chi connectivity index (χ2v) is 23.6. The number of hydrogen-bond acceptors (Lipinski definition) is 12. The number of Topliss-reactive ketones (excluding diaryl/α,β-unsaturated/α-hetero) is 3. The van der Waals surface area contributed by atoms with Gasteiger partial charge >= 0.3 is 17.9 Å². The highest BCUT2D eigenvalue weighted by Crippen LogP contribution is 2.59. The van der Waals surface area contributed by atoms with E-state index >= 15 is 28.8 Å². The minimum Gasteiger partial charge on any atom is -0.443 e. The van der Waals surface area contributed by atoms with Crippen LogP contribution in [0, 0.1) is 71.0 Å². The SMILES string of the molecule is C[C@H]1CC[C@H](C(=O)O[C@@]2(C(=O)[C@H]3CC[C@H](C)CC3)[C@@](OC(=O)[C@H]3CC[C@H](C)CC3)(C(=O)[C@H]3CC[C@H](C)CC3)[C@@H](O)[C@H](O)[C@@H](O)[C@@]2(OC(=O)[C@H]2CC[C@H](C)CC2)C(=O)[C@H]2CC[C@H](C)CC2)CC1. The molecule has 12 nitrogen and oxygen atoms in total. The molecule has 0 aliphatic heterocycles. The second-order valence-electron chi connectivity index (χ2n) is 23.6. The summed E-state index contributed by atoms with van der Waals surface area (Å²) in [6.07, 6.45) is 3.74. The summed E-state index contributed by atoms with van der Waals surface area (Å²) in [5.41, 5.74) is -9.97. The van der Waals surface area contributed by atoms with E-state index in [-0.39, 0.29) is 56.3 Å². The Bertz CT molecular complexity index is 1640. The van der Waals surface area contributed by atoms with E-state index in [2.05, 4.69) is 41.5 Å². The van der Waals surface area contributed by atoms with Crippen molar-refractivity contribution in [3.05, 3.63) is 0 Å². The zero-order valence-electron chi connectivity index (χ0n) is 41.1. The second kappa shape index (κ2) is 21.1. The lowest BCUT2D eigenvalue weighted by Gasteiger charge is -2.63. The van der Waals surface area contributed by atoms with Gasteiger partial charge in [0.05, 0.1) is 17.8 Å². The molecule has 7 aliphatic carbocycles. The van der Waals surface area contributed by atoms with Gasteiger partial charge in [0.15, 0.2) is 17.3 Å². The summed E-state index contributed by atoms with van der Waals surface area (Å²) in [6, 6.07) is 0. The summed E-state index contributed by atoms with van der Waals surface area (Å²) in [7, 11) is 0. The van der Waals surface area contributed by atoms with E-state index in [1.807, 2.05) is 0 Å². The predicted octanol–water partition coefficient (Wildman–Crippen LogP) is 8.59. The largest absolute Gasteiger partial charge is 0.443 e. The van der Waals surface area contributed by atoms with Crippen LogP contribution in [-0.2, 0) is 43.0 Å². The van der Waals surface area contributed by atoms with Gasteiger partial charge in [-0.1, -0.05) is 80.1 Å². The van der Waals surface area contributed by atoms with Gasteiger partial charge in [0.25, 0.3) is 5.60 Å². The number of rotatable bonds is 12. The molecule has 0 unspecified atom stereocenters. The molecule has 0 spiro atoms. The smallest absolute Gasteiger partial charge is 0.310 e. The Hall–Kier alpha value is -2.70. The molecule has 6 atom stereocenters. The fourth-order valence-electron chi connectivity index (χ4n) is 13.6. The molecule has 0 aromatic carbocycles. The third kappa shape index (κ3) is 9.61. The first-order valence-electron chi connectivity index (χ1n) is 26.7. The van der Waals surface area contributed by atoms with Crippen LogP contribution in [0.5, 0.6) is 0 Å². The Kier molecular flexibility index (Phi) is 16.4. The maximum atomic E-state index is 16.9. The third-order valence-corrected chi connectivity index (χ3v) is 18.6. The Morgan fingerprint density at radius 2 is 0.530 bits per heavy atom. The van der Waals surface area contributed by atoms with Crippen molar-refractivity contribution >= 4 is 35.3 Å². The molecule has 0 heterocycles. The van der Waals surface area contributed by atoms with Crippen molar-refractivity contribution in [2.75, 3.05) is 0 Å². The summed E-state index contributed by atoms with van der Waals surface area (Å²) >= 11 is 0. The summed E-state index contributed by atoms with van der Waals surface area (Å²) in [5.74, 6) is -9.38. The molecule has 7 rings (SSSR count). The van der Waals surface area contributed by atoms with Crippen molar-refractivity contribution in [1.29, 1.82) is 0 Å². The van der Waals surface area contributed by atoms with Crippen molar-refractivity contribution in [1.82, 2.24) is 0 Å². The first-order chi connectivity index (χ1) is 31.4. The average Bonchev–Trinajstić information content (AvgIpc) is 3.31. The topological polar surface area (TPSA) is 191 Å². The number of carbonyl (C=O) groups is 6. The number of carbonyl (C=O) groups excluding carboxylic acids is 6. The number of aliphatic hydroxyl groups excluding tert-OH is 3. The van der Waals surface area contributed by atoms with Crippen LogP contribution in [-0.4, -0.2) is 85.7 Å². The minimum atomic E-state index is -3.40. The molecular weight excluding hydrogens is 841 g/mol. The van der Waals surface area contributed by atoms with Crippen molar-refractivity contribution in [2.24, 2.45) is 71.0 Å². The molecule has 0 amide bonds. The molecular formula is C54H84O12. The Balaban J connectivity index is 1.57. The van der Waals surface area contributed by atoms with Crippen molar-refractivity contribution < 1.29 is 58.3 Å². The molecule has 0 saturated heterocycles. The third-order valence-electron chi connectivity index (χ3n) is 18.6. The van der Waals surface area contributed by atoms with Crippen molar-refractivity contribution in [2.45, 2.75) is 231 Å². The fraction of sp³-hybridized carbons (Fsp3) is 0.889. The van der Waals surface area contributed by atoms with E-state index < -0.39 is 106 Å². The van der Waals surface area contributed by atoms with Gasteiger partial charge in [0.2, 0.25) is 11.2 Å². The monoisotopic (exact) mass is 925 g/mol. The van der Waals surface area contributed by atoms with E-state index in [1.165, 1.54) is 0 Å². The molecule has 0 aromatic rings. The fourth-order valence-corrected chi connectivity index (χ4v) is 13.6. The maximum Gasteiger partial charge on any atom is 0.310 e. The van der Waals surface area contributed by atoms with Crippen LogP contribution in [0.15, 0.2) is 0 Å². The van der Waals surface area contributed by atoms with Crippen LogP contribution < -0.4 is 0 Å². The molecule has 66 heavy (non-hydrogen) atoms. The number of aliphatic hydroxyl groups is 3. The average molecular weight is 925 g/mol. The highest BCUT2D eigenvalue weighted by Gasteiger charge is 2.89. The maximum absolute atomic E-state index is 16.9. The van der Waals surface area contributed by atoms with Crippen LogP contribution in [0.25, 0.3) is 0 Å². The predicted molar refractivity (Wildman–Crippen MR) is 246 cm³/mol. The molecule has 12 heteroatoms. The van der Waals surface area contributed by atoms with Gasteiger partial charge in [-0.15, -0.1) is 0 Å². The summed E-state index contributed by atoms with van der Waals surface area (Å²) in [4.78, 5) is 95.9. The number of esters is 3. The van der Waals surface area contributed by atoms with Gasteiger partial charge < -0.3 is 29.5 Å². The Morgan fingerprint density at radius 1 is 0.318 bits per heavy atom. The molecule has 0 bridgehead atoms. The zero-order chi connectivity index (χ0) is 47.7. The lowest BCUT2D eigenvalue weighted by Crippen LogP contribution is -2.92. The van der Waals surface area contributed by atoms with Gasteiger partial charge in [0, 0.05) is 17.8 Å². The first-order valence-corrected chi connectivity index (χ1v) is 26.7. The Morgan fingerprint density at radius 3 is 0.788 bits per heavy atom. The van der Waals surface area contributed by atoms with Crippen molar-refractivity contribution in [3.63, 3.8) is 0 Å². The normalized spacial score (nSPS) is 44.6. The van der Waals surface area contributed by atoms with Gasteiger partial charge in [-0.3, -0.25) is 28.8 Å². The summed E-state index contributed by atoms with van der Waals surface area (Å²) in [6.45, 7) is 12.5. The minimum absolute atomic E-state index is 0.213. The number of hydrogen-bond donors (Lipinski definition) is 3. The molecule has 7 aliphatic rings. The van der Waals surface area contributed by atoms with Crippen LogP contribution in [0.2, 0.25) is 0 Å². The first kappa shape index (κ1) is 51.2. The van der Waals surface area contributed by atoms with Crippen LogP contribution >= 0.6 is 0 Å². The Labute approximate surface area is 394 Å². The van der Waals surface area contributed by atoms with E-state index in [9.17, 15) is 15.3 Å². The quantitative estimate of drug-likeness (QED) is 0.125. The van der Waals surface area contributed by atoms with E-state index in [0.29, 0.717) is 133 Å². The lowest BCUT2D eigenvalue weighted by molar-refractivity contribution is -0.329. The number of ether oxygens (including phenoxy) is 3. The molecule has 372 valence electrons. The van der Waals surface area contributed by atoms with Crippen LogP contribution in [0.3, 0.4) is 0 Å². The summed E-state index contributed by atoms with van der Waals surface area (Å²) < 4.78 is 20.5. The molecule has 7 saturated carbocycles. The highest BCUT2D eigenvalue weighted by molar-refractivity contribution is 6.12. The van der Waals surface area contributed by atoms with Gasteiger partial charge in [0.1, 0.15) is 18.3 Å². The lowest BCUT2D eigenvalue weighted by atomic mass is 9.49. The van der Waals surface area contributed by atoms with Gasteiger partial charge in [-0.05, 0) is 151 Å². The van der Waals surface area contributed by atoms with Crippen LogP contribution in [0.4, 0.5) is 0 Å². The molecule has 3 N–H and O–H groups in total. The molecule has 7 fully saturated rings. The van der Waals surface area contributed by atoms with E-state index in [4.69, 9.17) is 14.2 Å². The van der Waals surface area contributed by atoms with E-state index in [0.717, 1.165) is 0 Å². The van der Waals surface area contributed by atoms with Gasteiger partial charge in [-0.2, -0.15) is 0 Å². The van der Waals surface area contributed by atoms with Gasteiger partial charge in [-0.25, -0.2) is 0 Å². The zero-order valence-corrected chi connectivity index (χ0v) is 41.1. The molecule has 0 radical (unpaired) electrons. The van der Waals surface area contributed by atoms with Crippen molar-refractivity contribution in [3.8, 4) is 0 Å².